The van der Waals surface area contributed by atoms with Crippen molar-refractivity contribution in [2.45, 2.75) is 44.2 Å². The highest BCUT2D eigenvalue weighted by Gasteiger charge is 2.38. The quantitative estimate of drug-likeness (QED) is 0.679. The van der Waals surface area contributed by atoms with E-state index in [9.17, 15) is 4.79 Å². The summed E-state index contributed by atoms with van der Waals surface area (Å²) >= 11 is 12.0. The van der Waals surface area contributed by atoms with Crippen LogP contribution >= 0.6 is 23.2 Å². The number of likely N-dealkylation sites (N-methyl/N-ethyl adjacent to an activating group) is 1. The van der Waals surface area contributed by atoms with Gasteiger partial charge in [0.25, 0.3) is 5.91 Å². The number of ether oxygens (including phenoxy) is 1. The Labute approximate surface area is 188 Å². The van der Waals surface area contributed by atoms with Crippen molar-refractivity contribution >= 4 is 29.1 Å². The zero-order chi connectivity index (χ0) is 21.1. The zero-order valence-corrected chi connectivity index (χ0v) is 18.8. The maximum absolute atomic E-state index is 13.0. The number of benzene rings is 2. The number of hydrogen-bond donors (Lipinski definition) is 1. The molecule has 1 aliphatic carbocycles. The molecule has 160 valence electrons. The van der Waals surface area contributed by atoms with Gasteiger partial charge in [0.05, 0.1) is 10.0 Å². The zero-order valence-electron chi connectivity index (χ0n) is 17.2. The van der Waals surface area contributed by atoms with Gasteiger partial charge in [-0.15, -0.1) is 0 Å². The molecular formula is C24H28Cl2N2O2. The van der Waals surface area contributed by atoms with E-state index in [4.69, 9.17) is 27.9 Å². The average molecular weight is 447 g/mol. The van der Waals surface area contributed by atoms with Gasteiger partial charge in [0.1, 0.15) is 5.75 Å². The van der Waals surface area contributed by atoms with Crippen molar-refractivity contribution in [3.63, 3.8) is 0 Å². The first-order chi connectivity index (χ1) is 14.5. The van der Waals surface area contributed by atoms with Crippen LogP contribution in [-0.2, 0) is 11.2 Å². The van der Waals surface area contributed by atoms with E-state index in [2.05, 4.69) is 29.6 Å². The third-order valence-electron chi connectivity index (χ3n) is 6.50. The minimum atomic E-state index is -0.0120. The normalized spacial score (nSPS) is 23.5. The molecular weight excluding hydrogens is 419 g/mol. The van der Waals surface area contributed by atoms with E-state index < -0.39 is 0 Å². The lowest BCUT2D eigenvalue weighted by Crippen LogP contribution is -2.50. The van der Waals surface area contributed by atoms with Crippen LogP contribution in [0.4, 0.5) is 0 Å². The summed E-state index contributed by atoms with van der Waals surface area (Å²) in [5, 5.41) is 4.63. The molecule has 0 aromatic heterocycles. The van der Waals surface area contributed by atoms with Crippen LogP contribution in [-0.4, -0.2) is 37.0 Å². The largest absolute Gasteiger partial charge is 0.484 e. The molecule has 1 saturated carbocycles. The molecule has 1 aliphatic heterocycles. The van der Waals surface area contributed by atoms with Gasteiger partial charge in [0.2, 0.25) is 0 Å². The van der Waals surface area contributed by atoms with Crippen LogP contribution in [0, 0.1) is 5.92 Å². The van der Waals surface area contributed by atoms with Crippen LogP contribution in [0.5, 0.6) is 5.75 Å². The molecule has 30 heavy (non-hydrogen) atoms. The molecule has 6 heteroatoms. The topological polar surface area (TPSA) is 41.6 Å². The molecule has 1 heterocycles. The van der Waals surface area contributed by atoms with Gasteiger partial charge in [0, 0.05) is 25.2 Å². The van der Waals surface area contributed by atoms with Gasteiger partial charge >= 0.3 is 0 Å². The first-order valence-electron chi connectivity index (χ1n) is 10.7. The Hall–Kier alpha value is -1.75. The summed E-state index contributed by atoms with van der Waals surface area (Å²) in [6.45, 7) is 0.982. The Morgan fingerprint density at radius 1 is 1.13 bits per heavy atom. The van der Waals surface area contributed by atoms with E-state index in [-0.39, 0.29) is 18.6 Å². The Morgan fingerprint density at radius 3 is 2.77 bits per heavy atom. The van der Waals surface area contributed by atoms with Crippen molar-refractivity contribution < 1.29 is 9.53 Å². The molecule has 2 aromatic carbocycles. The summed E-state index contributed by atoms with van der Waals surface area (Å²) in [6.07, 6.45) is 5.59. The van der Waals surface area contributed by atoms with Crippen molar-refractivity contribution in [3.05, 3.63) is 63.6 Å². The van der Waals surface area contributed by atoms with Gasteiger partial charge < -0.3 is 15.0 Å². The predicted molar refractivity (Wildman–Crippen MR) is 121 cm³/mol. The fraction of sp³-hybridized carbons (Fsp3) is 0.458. The monoisotopic (exact) mass is 446 g/mol. The summed E-state index contributed by atoms with van der Waals surface area (Å²) < 4.78 is 5.70. The Kier molecular flexibility index (Phi) is 6.87. The summed E-state index contributed by atoms with van der Waals surface area (Å²) in [6, 6.07) is 14.3. The summed E-state index contributed by atoms with van der Waals surface area (Å²) in [5.74, 6) is 0.940. The number of nitrogens with zero attached hydrogens (tertiary/aromatic N) is 1. The van der Waals surface area contributed by atoms with Gasteiger partial charge in [-0.3, -0.25) is 4.79 Å². The lowest BCUT2D eigenvalue weighted by Gasteiger charge is -2.44. The lowest BCUT2D eigenvalue weighted by molar-refractivity contribution is -0.136. The van der Waals surface area contributed by atoms with Crippen LogP contribution in [0.3, 0.4) is 0 Å². The number of nitrogens with one attached hydrogen (secondary N) is 1. The second-order valence-corrected chi connectivity index (χ2v) is 9.08. The van der Waals surface area contributed by atoms with Crippen LogP contribution in [0.15, 0.2) is 42.5 Å². The lowest BCUT2D eigenvalue weighted by atomic mass is 9.74. The number of carbonyl (C=O) groups is 1. The molecule has 2 aliphatic rings. The molecule has 3 atom stereocenters. The van der Waals surface area contributed by atoms with Gasteiger partial charge in [-0.1, -0.05) is 60.3 Å². The molecule has 0 spiro atoms. The summed E-state index contributed by atoms with van der Waals surface area (Å²) in [5.41, 5.74) is 2.83. The smallest absolute Gasteiger partial charge is 0.260 e. The predicted octanol–water partition coefficient (Wildman–Crippen LogP) is 5.28. The molecule has 0 bridgehead atoms. The first-order valence-corrected chi connectivity index (χ1v) is 11.4. The first kappa shape index (κ1) is 21.5. The van der Waals surface area contributed by atoms with Crippen molar-refractivity contribution in [1.82, 2.24) is 10.2 Å². The average Bonchev–Trinajstić information content (AvgIpc) is 2.78. The third kappa shape index (κ3) is 4.61. The Morgan fingerprint density at radius 2 is 1.93 bits per heavy atom. The molecule has 1 N–H and O–H groups in total. The van der Waals surface area contributed by atoms with E-state index in [1.807, 2.05) is 11.9 Å². The van der Waals surface area contributed by atoms with Crippen LogP contribution < -0.4 is 10.1 Å². The van der Waals surface area contributed by atoms with Gasteiger partial charge in [-0.05, 0) is 55.0 Å². The van der Waals surface area contributed by atoms with E-state index in [0.29, 0.717) is 27.8 Å². The number of hydrogen-bond acceptors (Lipinski definition) is 3. The molecule has 1 unspecified atom stereocenters. The minimum absolute atomic E-state index is 0.00758. The second-order valence-electron chi connectivity index (χ2n) is 8.27. The fourth-order valence-corrected chi connectivity index (χ4v) is 5.22. The van der Waals surface area contributed by atoms with Gasteiger partial charge in [-0.2, -0.15) is 0 Å². The van der Waals surface area contributed by atoms with Crippen molar-refractivity contribution in [2.75, 3.05) is 20.2 Å². The number of fused-ring (bicyclic) bond motifs is 1. The molecule has 2 aromatic rings. The van der Waals surface area contributed by atoms with Gasteiger partial charge in [-0.25, -0.2) is 0 Å². The standard InChI is InChI=1S/C24H28Cl2N2O2/c1-28(23(29)15-30-17-10-11-20(25)21(26)14-17)22-9-5-4-8-19(22)24-18-7-3-2-6-16(18)12-13-27-24/h2-3,6-7,10-11,14,19,22,24,27H,4-5,8-9,12-13,15H2,1H3/t19-,22-,24?/m1/s1. The highest BCUT2D eigenvalue weighted by Crippen LogP contribution is 2.39. The van der Waals surface area contributed by atoms with Crippen molar-refractivity contribution in [3.8, 4) is 5.75 Å². The highest BCUT2D eigenvalue weighted by atomic mass is 35.5. The van der Waals surface area contributed by atoms with E-state index >= 15 is 0 Å². The minimum Gasteiger partial charge on any atom is -0.484 e. The van der Waals surface area contributed by atoms with Crippen LogP contribution in [0.2, 0.25) is 10.0 Å². The van der Waals surface area contributed by atoms with Crippen molar-refractivity contribution in [1.29, 1.82) is 0 Å². The molecule has 4 nitrogen and oxygen atoms in total. The Bertz CT molecular complexity index is 905. The maximum atomic E-state index is 13.0. The maximum Gasteiger partial charge on any atom is 0.260 e. The third-order valence-corrected chi connectivity index (χ3v) is 7.24. The fourth-order valence-electron chi connectivity index (χ4n) is 4.93. The highest BCUT2D eigenvalue weighted by molar-refractivity contribution is 6.42. The van der Waals surface area contributed by atoms with Crippen LogP contribution in [0.25, 0.3) is 0 Å². The summed E-state index contributed by atoms with van der Waals surface area (Å²) in [7, 11) is 1.91. The number of halogens is 2. The van der Waals surface area contributed by atoms with Gasteiger partial charge in [0.15, 0.2) is 6.61 Å². The van der Waals surface area contributed by atoms with E-state index in [1.54, 1.807) is 18.2 Å². The number of carbonyl (C=O) groups excluding carboxylic acids is 1. The second kappa shape index (κ2) is 9.59. The summed E-state index contributed by atoms with van der Waals surface area (Å²) in [4.78, 5) is 14.9. The van der Waals surface area contributed by atoms with E-state index in [0.717, 1.165) is 32.2 Å². The molecule has 1 fully saturated rings. The molecule has 4 rings (SSSR count). The van der Waals surface area contributed by atoms with E-state index in [1.165, 1.54) is 17.5 Å². The molecule has 1 amide bonds. The number of rotatable bonds is 5. The molecule has 0 saturated heterocycles. The molecule has 0 radical (unpaired) electrons. The Balaban J connectivity index is 1.46. The number of amides is 1. The SMILES string of the molecule is CN(C(=O)COc1ccc(Cl)c(Cl)c1)[C@@H]1CCCC[C@H]1C1NCCc2ccccc21. The van der Waals surface area contributed by atoms with Crippen molar-refractivity contribution in [2.24, 2.45) is 5.92 Å². The van der Waals surface area contributed by atoms with Crippen LogP contribution in [0.1, 0.15) is 42.9 Å².